The van der Waals surface area contributed by atoms with Crippen molar-refractivity contribution in [3.63, 3.8) is 0 Å². The molecular formula is C11H13N3O3. The summed E-state index contributed by atoms with van der Waals surface area (Å²) in [4.78, 5) is 30.2. The number of anilines is 1. The van der Waals surface area contributed by atoms with Crippen LogP contribution < -0.4 is 9.64 Å². The Morgan fingerprint density at radius 2 is 2.35 bits per heavy atom. The monoisotopic (exact) mass is 235 g/mol. The number of nitrogens with zero attached hydrogens (tertiary/aromatic N) is 3. The minimum absolute atomic E-state index is 0.0147. The highest BCUT2D eigenvalue weighted by Crippen LogP contribution is 2.28. The molecule has 90 valence electrons. The van der Waals surface area contributed by atoms with Crippen LogP contribution >= 0.6 is 0 Å². The van der Waals surface area contributed by atoms with Gasteiger partial charge in [0.05, 0.1) is 0 Å². The first kappa shape index (κ1) is 11.4. The second-order valence-electron chi connectivity index (χ2n) is 3.88. The summed E-state index contributed by atoms with van der Waals surface area (Å²) in [7, 11) is 3.29. The summed E-state index contributed by atoms with van der Waals surface area (Å²) in [6, 6.07) is 3.45. The molecule has 0 bridgehead atoms. The van der Waals surface area contributed by atoms with Crippen molar-refractivity contribution in [2.45, 2.75) is 0 Å². The fourth-order valence-electron chi connectivity index (χ4n) is 1.47. The van der Waals surface area contributed by atoms with E-state index in [4.69, 9.17) is 4.74 Å². The molecular weight excluding hydrogens is 222 g/mol. The van der Waals surface area contributed by atoms with Crippen LogP contribution in [-0.2, 0) is 9.59 Å². The topological polar surface area (TPSA) is 62.7 Å². The summed E-state index contributed by atoms with van der Waals surface area (Å²) < 4.78 is 5.23. The lowest BCUT2D eigenvalue weighted by atomic mass is 10.3. The predicted octanol–water partition coefficient (Wildman–Crippen LogP) is -0.105. The van der Waals surface area contributed by atoms with Gasteiger partial charge in [0.15, 0.2) is 18.2 Å². The minimum Gasteiger partial charge on any atom is -0.480 e. The number of hydrogen-bond acceptors (Lipinski definition) is 4. The lowest BCUT2D eigenvalue weighted by molar-refractivity contribution is -0.130. The standard InChI is InChI=1S/C11H13N3O3/c1-13(2)9(15)6-14-10(16)7-17-8-4-3-5-12-11(8)14/h3-5H,6-7H2,1-2H3. The Hall–Kier alpha value is -2.11. The highest BCUT2D eigenvalue weighted by molar-refractivity contribution is 6.01. The van der Waals surface area contributed by atoms with Gasteiger partial charge in [0.2, 0.25) is 5.91 Å². The van der Waals surface area contributed by atoms with Crippen molar-refractivity contribution in [3.8, 4) is 5.75 Å². The Kier molecular flexibility index (Phi) is 2.95. The molecule has 2 amide bonds. The lowest BCUT2D eigenvalue weighted by Gasteiger charge is -2.28. The summed E-state index contributed by atoms with van der Waals surface area (Å²) in [6.45, 7) is -0.0708. The van der Waals surface area contributed by atoms with Crippen molar-refractivity contribution in [1.82, 2.24) is 9.88 Å². The molecule has 0 saturated heterocycles. The maximum atomic E-state index is 11.7. The Morgan fingerprint density at radius 3 is 3.06 bits per heavy atom. The van der Waals surface area contributed by atoms with Gasteiger partial charge in [0, 0.05) is 20.3 Å². The Balaban J connectivity index is 2.27. The molecule has 0 atom stereocenters. The van der Waals surface area contributed by atoms with Gasteiger partial charge in [-0.15, -0.1) is 0 Å². The molecule has 1 aromatic rings. The van der Waals surface area contributed by atoms with Crippen LogP contribution in [0.2, 0.25) is 0 Å². The first-order chi connectivity index (χ1) is 8.09. The predicted molar refractivity (Wildman–Crippen MR) is 60.8 cm³/mol. The lowest BCUT2D eigenvalue weighted by Crippen LogP contribution is -2.45. The maximum absolute atomic E-state index is 11.7. The first-order valence-corrected chi connectivity index (χ1v) is 5.18. The van der Waals surface area contributed by atoms with E-state index in [1.165, 1.54) is 9.80 Å². The van der Waals surface area contributed by atoms with E-state index in [0.29, 0.717) is 11.6 Å². The summed E-state index contributed by atoms with van der Waals surface area (Å²) in [5.41, 5.74) is 0. The van der Waals surface area contributed by atoms with E-state index in [9.17, 15) is 9.59 Å². The van der Waals surface area contributed by atoms with Crippen LogP contribution in [0.25, 0.3) is 0 Å². The number of aromatic nitrogens is 1. The summed E-state index contributed by atoms with van der Waals surface area (Å²) in [6.07, 6.45) is 1.56. The zero-order chi connectivity index (χ0) is 12.4. The molecule has 0 N–H and O–H groups in total. The average Bonchev–Trinajstić information content (AvgIpc) is 2.32. The molecule has 1 aliphatic rings. The summed E-state index contributed by atoms with van der Waals surface area (Å²) >= 11 is 0. The Bertz CT molecular complexity index is 459. The zero-order valence-electron chi connectivity index (χ0n) is 9.71. The molecule has 2 heterocycles. The molecule has 0 unspecified atom stereocenters. The molecule has 6 heteroatoms. The van der Waals surface area contributed by atoms with Gasteiger partial charge in [-0.3, -0.25) is 14.5 Å². The van der Waals surface area contributed by atoms with Gasteiger partial charge in [-0.1, -0.05) is 0 Å². The van der Waals surface area contributed by atoms with E-state index in [0.717, 1.165) is 0 Å². The molecule has 0 fully saturated rings. The second kappa shape index (κ2) is 4.40. The third kappa shape index (κ3) is 2.20. The normalized spacial score (nSPS) is 14.0. The molecule has 1 aliphatic heterocycles. The van der Waals surface area contributed by atoms with Crippen molar-refractivity contribution in [3.05, 3.63) is 18.3 Å². The molecule has 0 aromatic carbocycles. The summed E-state index contributed by atoms with van der Waals surface area (Å²) in [5.74, 6) is 0.515. The van der Waals surface area contributed by atoms with E-state index < -0.39 is 0 Å². The number of rotatable bonds is 2. The van der Waals surface area contributed by atoms with E-state index in [1.54, 1.807) is 32.4 Å². The number of hydrogen-bond donors (Lipinski definition) is 0. The average molecular weight is 235 g/mol. The van der Waals surface area contributed by atoms with Crippen LogP contribution in [0.3, 0.4) is 0 Å². The Morgan fingerprint density at radius 1 is 1.59 bits per heavy atom. The Labute approximate surface area is 98.8 Å². The van der Waals surface area contributed by atoms with Gasteiger partial charge in [0.1, 0.15) is 6.54 Å². The van der Waals surface area contributed by atoms with Crippen LogP contribution in [-0.4, -0.2) is 48.9 Å². The SMILES string of the molecule is CN(C)C(=O)CN1C(=O)COc2cccnc21. The molecule has 0 aliphatic carbocycles. The number of carbonyl (C=O) groups is 2. The van der Waals surface area contributed by atoms with Crippen LogP contribution in [0.15, 0.2) is 18.3 Å². The molecule has 17 heavy (non-hydrogen) atoms. The van der Waals surface area contributed by atoms with Crippen molar-refractivity contribution >= 4 is 17.6 Å². The third-order valence-corrected chi connectivity index (χ3v) is 2.45. The van der Waals surface area contributed by atoms with E-state index in [1.807, 2.05) is 0 Å². The summed E-state index contributed by atoms with van der Waals surface area (Å²) in [5, 5.41) is 0. The maximum Gasteiger partial charge on any atom is 0.266 e. The molecule has 0 saturated carbocycles. The van der Waals surface area contributed by atoms with E-state index in [-0.39, 0.29) is 25.0 Å². The van der Waals surface area contributed by atoms with Crippen LogP contribution in [0.1, 0.15) is 0 Å². The largest absolute Gasteiger partial charge is 0.480 e. The zero-order valence-corrected chi connectivity index (χ0v) is 9.71. The van der Waals surface area contributed by atoms with Gasteiger partial charge in [-0.05, 0) is 12.1 Å². The van der Waals surface area contributed by atoms with Gasteiger partial charge >= 0.3 is 0 Å². The molecule has 6 nitrogen and oxygen atoms in total. The first-order valence-electron chi connectivity index (χ1n) is 5.18. The van der Waals surface area contributed by atoms with Crippen molar-refractivity contribution in [1.29, 1.82) is 0 Å². The molecule has 0 radical (unpaired) electrons. The third-order valence-electron chi connectivity index (χ3n) is 2.45. The minimum atomic E-state index is -0.258. The molecule has 0 spiro atoms. The number of fused-ring (bicyclic) bond motifs is 1. The van der Waals surface area contributed by atoms with Crippen LogP contribution in [0.4, 0.5) is 5.82 Å². The molecule has 2 rings (SSSR count). The van der Waals surface area contributed by atoms with Gasteiger partial charge in [-0.2, -0.15) is 0 Å². The molecule has 1 aromatic heterocycles. The van der Waals surface area contributed by atoms with Gasteiger partial charge in [0.25, 0.3) is 5.91 Å². The quantitative estimate of drug-likeness (QED) is 0.718. The van der Waals surface area contributed by atoms with Crippen LogP contribution in [0, 0.1) is 0 Å². The highest BCUT2D eigenvalue weighted by atomic mass is 16.5. The number of pyridine rings is 1. The fourth-order valence-corrected chi connectivity index (χ4v) is 1.47. The van der Waals surface area contributed by atoms with Gasteiger partial charge in [-0.25, -0.2) is 4.98 Å². The van der Waals surface area contributed by atoms with E-state index in [2.05, 4.69) is 4.98 Å². The van der Waals surface area contributed by atoms with Crippen molar-refractivity contribution < 1.29 is 14.3 Å². The smallest absolute Gasteiger partial charge is 0.266 e. The van der Waals surface area contributed by atoms with E-state index >= 15 is 0 Å². The van der Waals surface area contributed by atoms with Gasteiger partial charge < -0.3 is 9.64 Å². The number of ether oxygens (including phenoxy) is 1. The fraction of sp³-hybridized carbons (Fsp3) is 0.364. The highest BCUT2D eigenvalue weighted by Gasteiger charge is 2.28. The van der Waals surface area contributed by atoms with Crippen LogP contribution in [0.5, 0.6) is 5.75 Å². The number of amides is 2. The van der Waals surface area contributed by atoms with Crippen molar-refractivity contribution in [2.75, 3.05) is 32.1 Å². The number of likely N-dealkylation sites (N-methyl/N-ethyl adjacent to an activating group) is 1. The second-order valence-corrected chi connectivity index (χ2v) is 3.88. The van der Waals surface area contributed by atoms with Crippen molar-refractivity contribution in [2.24, 2.45) is 0 Å². The number of carbonyl (C=O) groups excluding carboxylic acids is 2.